The second-order valence-electron chi connectivity index (χ2n) is 7.93. The number of nitrogens with two attached hydrogens (primary N) is 1. The van der Waals surface area contributed by atoms with E-state index in [-0.39, 0.29) is 29.8 Å². The van der Waals surface area contributed by atoms with Gasteiger partial charge in [-0.25, -0.2) is 4.39 Å². The van der Waals surface area contributed by atoms with E-state index in [1.54, 1.807) is 18.0 Å². The highest BCUT2D eigenvalue weighted by atomic mass is 19.1. The normalized spacial score (nSPS) is 21.3. The number of carbonyl (C=O) groups is 2. The Morgan fingerprint density at radius 1 is 1.33 bits per heavy atom. The summed E-state index contributed by atoms with van der Waals surface area (Å²) in [6, 6.07) is 5.58. The number of ether oxygens (including phenoxy) is 1. The van der Waals surface area contributed by atoms with Crippen molar-refractivity contribution in [1.29, 1.82) is 0 Å². The number of benzene rings is 1. The standard InChI is InChI=1S/C23H34FN3O3/c1-5-19(6-2)30-21-14-17(13-20(25)22(21)26-15(3)28)23(29)27(4)11-10-16-8-7-9-18(24)12-16/h7-9,12,14,19-22H,5-6,10-11,13,25H2,1-4H3,(H,26,28)/t20-,21+,22+/m0/s1. The summed E-state index contributed by atoms with van der Waals surface area (Å²) in [7, 11) is 1.73. The molecule has 0 heterocycles. The summed E-state index contributed by atoms with van der Waals surface area (Å²) in [4.78, 5) is 26.3. The van der Waals surface area contributed by atoms with Crippen LogP contribution in [0.25, 0.3) is 0 Å². The van der Waals surface area contributed by atoms with Crippen molar-refractivity contribution in [3.63, 3.8) is 0 Å². The molecule has 2 amide bonds. The van der Waals surface area contributed by atoms with Gasteiger partial charge in [-0.3, -0.25) is 9.59 Å². The molecule has 0 radical (unpaired) electrons. The average molecular weight is 420 g/mol. The molecule has 166 valence electrons. The molecule has 6 nitrogen and oxygen atoms in total. The van der Waals surface area contributed by atoms with Crippen LogP contribution in [-0.4, -0.2) is 54.6 Å². The molecule has 1 aromatic carbocycles. The Bertz CT molecular complexity index is 764. The Labute approximate surface area is 178 Å². The maximum absolute atomic E-state index is 13.4. The van der Waals surface area contributed by atoms with Gasteiger partial charge in [0.25, 0.3) is 0 Å². The molecule has 2 rings (SSSR count). The third-order valence-electron chi connectivity index (χ3n) is 5.51. The van der Waals surface area contributed by atoms with Crippen molar-refractivity contribution in [2.45, 2.75) is 70.7 Å². The number of halogens is 1. The van der Waals surface area contributed by atoms with Gasteiger partial charge in [0.2, 0.25) is 11.8 Å². The molecule has 3 N–H and O–H groups in total. The summed E-state index contributed by atoms with van der Waals surface area (Å²) >= 11 is 0. The highest BCUT2D eigenvalue weighted by Gasteiger charge is 2.36. The maximum Gasteiger partial charge on any atom is 0.249 e. The van der Waals surface area contributed by atoms with E-state index in [0.29, 0.717) is 25.0 Å². The molecule has 30 heavy (non-hydrogen) atoms. The van der Waals surface area contributed by atoms with Crippen LogP contribution in [-0.2, 0) is 20.7 Å². The lowest BCUT2D eigenvalue weighted by Crippen LogP contribution is -2.57. The number of carbonyl (C=O) groups excluding carboxylic acids is 2. The smallest absolute Gasteiger partial charge is 0.249 e. The molecule has 0 saturated heterocycles. The molecule has 0 aromatic heterocycles. The van der Waals surface area contributed by atoms with Gasteiger partial charge in [-0.05, 0) is 49.5 Å². The van der Waals surface area contributed by atoms with Crippen LogP contribution in [0.1, 0.15) is 45.6 Å². The van der Waals surface area contributed by atoms with Gasteiger partial charge in [-0.2, -0.15) is 0 Å². The Morgan fingerprint density at radius 3 is 2.63 bits per heavy atom. The first kappa shape index (κ1) is 24.0. The van der Waals surface area contributed by atoms with E-state index >= 15 is 0 Å². The highest BCUT2D eigenvalue weighted by Crippen LogP contribution is 2.24. The highest BCUT2D eigenvalue weighted by molar-refractivity contribution is 5.93. The third kappa shape index (κ3) is 6.64. The van der Waals surface area contributed by atoms with Crippen molar-refractivity contribution < 1.29 is 18.7 Å². The lowest BCUT2D eigenvalue weighted by atomic mass is 9.87. The molecule has 0 aliphatic heterocycles. The molecular weight excluding hydrogens is 385 g/mol. The fourth-order valence-electron chi connectivity index (χ4n) is 3.74. The van der Waals surface area contributed by atoms with Gasteiger partial charge in [-0.15, -0.1) is 0 Å². The van der Waals surface area contributed by atoms with Crippen molar-refractivity contribution >= 4 is 11.8 Å². The van der Waals surface area contributed by atoms with Crippen LogP contribution >= 0.6 is 0 Å². The van der Waals surface area contributed by atoms with E-state index in [4.69, 9.17) is 10.5 Å². The van der Waals surface area contributed by atoms with Crippen molar-refractivity contribution in [2.75, 3.05) is 13.6 Å². The molecular formula is C23H34FN3O3. The van der Waals surface area contributed by atoms with Gasteiger partial charge in [-0.1, -0.05) is 26.0 Å². The number of likely N-dealkylation sites (N-methyl/N-ethyl adjacent to an activating group) is 1. The van der Waals surface area contributed by atoms with E-state index in [2.05, 4.69) is 5.32 Å². The minimum Gasteiger partial charge on any atom is -0.369 e. The predicted octanol–water partition coefficient (Wildman–Crippen LogP) is 2.56. The fraction of sp³-hybridized carbons (Fsp3) is 0.565. The summed E-state index contributed by atoms with van der Waals surface area (Å²) in [5, 5.41) is 2.88. The Morgan fingerprint density at radius 2 is 2.03 bits per heavy atom. The number of hydrogen-bond donors (Lipinski definition) is 2. The lowest BCUT2D eigenvalue weighted by Gasteiger charge is -2.37. The summed E-state index contributed by atoms with van der Waals surface area (Å²) in [5.41, 5.74) is 7.76. The van der Waals surface area contributed by atoms with E-state index in [9.17, 15) is 14.0 Å². The molecule has 0 saturated carbocycles. The van der Waals surface area contributed by atoms with Crippen LogP contribution in [0.4, 0.5) is 4.39 Å². The number of nitrogens with one attached hydrogen (secondary N) is 1. The third-order valence-corrected chi connectivity index (χ3v) is 5.51. The van der Waals surface area contributed by atoms with Crippen LogP contribution in [0.3, 0.4) is 0 Å². The summed E-state index contributed by atoms with van der Waals surface area (Å²) in [6.07, 6.45) is 3.95. The zero-order chi connectivity index (χ0) is 22.3. The second kappa shape index (κ2) is 11.2. The van der Waals surface area contributed by atoms with Gasteiger partial charge < -0.3 is 20.7 Å². The Hall–Kier alpha value is -2.25. The molecule has 3 atom stereocenters. The van der Waals surface area contributed by atoms with Gasteiger partial charge in [0.05, 0.1) is 18.2 Å². The molecule has 7 heteroatoms. The van der Waals surface area contributed by atoms with Crippen LogP contribution in [0.5, 0.6) is 0 Å². The monoisotopic (exact) mass is 419 g/mol. The predicted molar refractivity (Wildman–Crippen MR) is 115 cm³/mol. The van der Waals surface area contributed by atoms with Gasteiger partial charge >= 0.3 is 0 Å². The molecule has 1 aliphatic rings. The number of amides is 2. The first-order valence-electron chi connectivity index (χ1n) is 10.6. The number of rotatable bonds is 9. The van der Waals surface area contributed by atoms with Crippen molar-refractivity contribution in [3.8, 4) is 0 Å². The van der Waals surface area contributed by atoms with Crippen molar-refractivity contribution in [3.05, 3.63) is 47.3 Å². The zero-order valence-electron chi connectivity index (χ0n) is 18.4. The Balaban J connectivity index is 2.13. The van der Waals surface area contributed by atoms with E-state index in [1.165, 1.54) is 19.1 Å². The van der Waals surface area contributed by atoms with Crippen molar-refractivity contribution in [2.24, 2.45) is 5.73 Å². The summed E-state index contributed by atoms with van der Waals surface area (Å²) < 4.78 is 19.6. The first-order valence-corrected chi connectivity index (χ1v) is 10.6. The quantitative estimate of drug-likeness (QED) is 0.644. The topological polar surface area (TPSA) is 84.7 Å². The molecule has 0 spiro atoms. The first-order chi connectivity index (χ1) is 14.2. The molecule has 1 aliphatic carbocycles. The minimum absolute atomic E-state index is 0.0230. The van der Waals surface area contributed by atoms with Gasteiger partial charge in [0.15, 0.2) is 0 Å². The molecule has 1 aromatic rings. The fourth-order valence-corrected chi connectivity index (χ4v) is 3.74. The molecule has 0 bridgehead atoms. The molecule has 0 unspecified atom stereocenters. The van der Waals surface area contributed by atoms with Gasteiger partial charge in [0, 0.05) is 32.1 Å². The largest absolute Gasteiger partial charge is 0.369 e. The van der Waals surface area contributed by atoms with E-state index in [0.717, 1.165) is 18.4 Å². The molecule has 0 fully saturated rings. The van der Waals surface area contributed by atoms with Crippen LogP contribution < -0.4 is 11.1 Å². The van der Waals surface area contributed by atoms with Gasteiger partial charge in [0.1, 0.15) is 5.82 Å². The summed E-state index contributed by atoms with van der Waals surface area (Å²) in [6.45, 7) is 5.99. The average Bonchev–Trinajstić information content (AvgIpc) is 2.71. The number of hydrogen-bond acceptors (Lipinski definition) is 4. The number of nitrogens with zero attached hydrogens (tertiary/aromatic N) is 1. The van der Waals surface area contributed by atoms with E-state index < -0.39 is 12.1 Å². The van der Waals surface area contributed by atoms with Crippen LogP contribution in [0, 0.1) is 5.82 Å². The minimum atomic E-state index is -0.460. The second-order valence-corrected chi connectivity index (χ2v) is 7.93. The Kier molecular flexibility index (Phi) is 8.99. The van der Waals surface area contributed by atoms with Crippen LogP contribution in [0.2, 0.25) is 0 Å². The van der Waals surface area contributed by atoms with Crippen molar-refractivity contribution in [1.82, 2.24) is 10.2 Å². The lowest BCUT2D eigenvalue weighted by molar-refractivity contribution is -0.126. The zero-order valence-corrected chi connectivity index (χ0v) is 18.4. The summed E-state index contributed by atoms with van der Waals surface area (Å²) in [5.74, 6) is -0.585. The van der Waals surface area contributed by atoms with E-state index in [1.807, 2.05) is 26.0 Å². The SMILES string of the molecule is CCC(CC)O[C@@H]1C=C(C(=O)N(C)CCc2cccc(F)c2)C[C@H](N)[C@H]1NC(C)=O. The maximum atomic E-state index is 13.4. The van der Waals surface area contributed by atoms with Crippen LogP contribution in [0.15, 0.2) is 35.9 Å².